The highest BCUT2D eigenvalue weighted by Crippen LogP contribution is 2.41. The van der Waals surface area contributed by atoms with Crippen molar-refractivity contribution in [1.82, 2.24) is 19.7 Å². The van der Waals surface area contributed by atoms with Crippen molar-refractivity contribution >= 4 is 16.9 Å². The fraction of sp³-hybridized carbons (Fsp3) is 0.583. The summed E-state index contributed by atoms with van der Waals surface area (Å²) in [6.45, 7) is 4.36. The van der Waals surface area contributed by atoms with Gasteiger partial charge in [0.1, 0.15) is 12.1 Å². The molecule has 0 amide bonds. The zero-order valence-corrected chi connectivity index (χ0v) is 10.9. The van der Waals surface area contributed by atoms with E-state index in [0.717, 1.165) is 23.3 Å². The van der Waals surface area contributed by atoms with E-state index in [1.165, 1.54) is 0 Å². The minimum Gasteiger partial charge on any atom is -0.366 e. The molecule has 0 aliphatic heterocycles. The Hall–Kier alpha value is -1.69. The van der Waals surface area contributed by atoms with E-state index in [0.29, 0.717) is 6.04 Å². The predicted molar refractivity (Wildman–Crippen MR) is 70.1 cm³/mol. The molecule has 2 heterocycles. The van der Waals surface area contributed by atoms with Gasteiger partial charge >= 0.3 is 0 Å². The van der Waals surface area contributed by atoms with Crippen LogP contribution in [0.3, 0.4) is 0 Å². The number of nitrogens with two attached hydrogens (primary N) is 1. The Bertz CT molecular complexity index is 587. The maximum Gasteiger partial charge on any atom is 0.163 e. The number of nitrogens with one attached hydrogen (secondary N) is 1. The number of hydrogen-bond donors (Lipinski definition) is 2. The third-order valence-corrected chi connectivity index (χ3v) is 4.18. The first-order valence-electron chi connectivity index (χ1n) is 6.15. The molecule has 1 saturated carbocycles. The zero-order valence-electron chi connectivity index (χ0n) is 10.9. The number of aromatic nitrogens is 4. The maximum atomic E-state index is 6.03. The van der Waals surface area contributed by atoms with Gasteiger partial charge < -0.3 is 11.1 Å². The quantitative estimate of drug-likeness (QED) is 0.822. The highest BCUT2D eigenvalue weighted by molar-refractivity contribution is 5.86. The summed E-state index contributed by atoms with van der Waals surface area (Å²) >= 11 is 0. The molecule has 2 unspecified atom stereocenters. The lowest BCUT2D eigenvalue weighted by molar-refractivity contribution is 0.117. The molecule has 0 radical (unpaired) electrons. The van der Waals surface area contributed by atoms with Crippen molar-refractivity contribution < 1.29 is 0 Å². The van der Waals surface area contributed by atoms with E-state index in [2.05, 4.69) is 34.2 Å². The number of aryl methyl sites for hydroxylation is 1. The fourth-order valence-corrected chi connectivity index (χ4v) is 2.45. The van der Waals surface area contributed by atoms with Gasteiger partial charge in [-0.25, -0.2) is 9.97 Å². The molecular weight excluding hydrogens is 228 g/mol. The summed E-state index contributed by atoms with van der Waals surface area (Å²) in [6, 6.07) is 0.604. The Morgan fingerprint density at radius 3 is 2.89 bits per heavy atom. The van der Waals surface area contributed by atoms with Gasteiger partial charge in [0.2, 0.25) is 0 Å². The molecule has 0 aromatic carbocycles. The second-order valence-corrected chi connectivity index (χ2v) is 5.59. The Morgan fingerprint density at radius 1 is 1.44 bits per heavy atom. The number of fused-ring (bicyclic) bond motifs is 1. The van der Waals surface area contributed by atoms with E-state index in [1.54, 1.807) is 17.2 Å². The maximum absolute atomic E-state index is 6.03. The van der Waals surface area contributed by atoms with Crippen LogP contribution in [0.4, 0.5) is 5.82 Å². The van der Waals surface area contributed by atoms with Gasteiger partial charge in [0.05, 0.1) is 11.6 Å². The summed E-state index contributed by atoms with van der Waals surface area (Å²) < 4.78 is 1.75. The lowest BCUT2D eigenvalue weighted by atomic mass is 9.63. The smallest absolute Gasteiger partial charge is 0.163 e. The van der Waals surface area contributed by atoms with E-state index >= 15 is 0 Å². The molecule has 3 N–H and O–H groups in total. The minimum absolute atomic E-state index is 0.0967. The number of nitrogens with zero attached hydrogens (tertiary/aromatic N) is 4. The largest absolute Gasteiger partial charge is 0.366 e. The third kappa shape index (κ3) is 1.49. The minimum atomic E-state index is 0.0967. The first-order valence-corrected chi connectivity index (χ1v) is 6.15. The Balaban J connectivity index is 1.92. The highest BCUT2D eigenvalue weighted by atomic mass is 15.3. The SMILES string of the molecule is Cn1ncc2c(NC3CC(N)C3(C)C)ncnc21. The first kappa shape index (κ1) is 11.4. The van der Waals surface area contributed by atoms with E-state index in [9.17, 15) is 0 Å². The number of hydrogen-bond acceptors (Lipinski definition) is 5. The molecule has 0 bridgehead atoms. The van der Waals surface area contributed by atoms with E-state index in [1.807, 2.05) is 7.05 Å². The summed E-state index contributed by atoms with van der Waals surface area (Å²) in [5.74, 6) is 0.845. The molecule has 2 aromatic heterocycles. The van der Waals surface area contributed by atoms with E-state index < -0.39 is 0 Å². The molecule has 0 spiro atoms. The predicted octanol–water partition coefficient (Wildman–Crippen LogP) is 0.901. The Kier molecular flexibility index (Phi) is 2.31. The van der Waals surface area contributed by atoms with Gasteiger partial charge in [0.25, 0.3) is 0 Å². The van der Waals surface area contributed by atoms with Crippen molar-refractivity contribution in [2.24, 2.45) is 18.2 Å². The zero-order chi connectivity index (χ0) is 12.9. The van der Waals surface area contributed by atoms with Crippen LogP contribution in [0.2, 0.25) is 0 Å². The van der Waals surface area contributed by atoms with Gasteiger partial charge in [0.15, 0.2) is 5.65 Å². The number of anilines is 1. The van der Waals surface area contributed by atoms with E-state index in [-0.39, 0.29) is 11.5 Å². The summed E-state index contributed by atoms with van der Waals surface area (Å²) in [4.78, 5) is 8.54. The van der Waals surface area contributed by atoms with Crippen LogP contribution in [-0.4, -0.2) is 31.8 Å². The van der Waals surface area contributed by atoms with Crippen LogP contribution in [0.15, 0.2) is 12.5 Å². The molecular formula is C12H18N6. The third-order valence-electron chi connectivity index (χ3n) is 4.18. The van der Waals surface area contributed by atoms with Crippen LogP contribution >= 0.6 is 0 Å². The van der Waals surface area contributed by atoms with Crippen molar-refractivity contribution in [1.29, 1.82) is 0 Å². The van der Waals surface area contributed by atoms with Gasteiger partial charge in [-0.05, 0) is 6.42 Å². The highest BCUT2D eigenvalue weighted by Gasteiger charge is 2.46. The summed E-state index contributed by atoms with van der Waals surface area (Å²) in [5, 5.41) is 8.63. The molecule has 3 rings (SSSR count). The summed E-state index contributed by atoms with van der Waals surface area (Å²) in [5.41, 5.74) is 6.97. The van der Waals surface area contributed by atoms with Crippen LogP contribution in [0.1, 0.15) is 20.3 Å². The van der Waals surface area contributed by atoms with Crippen molar-refractivity contribution in [3.8, 4) is 0 Å². The van der Waals surface area contributed by atoms with Crippen molar-refractivity contribution in [2.75, 3.05) is 5.32 Å². The van der Waals surface area contributed by atoms with Crippen molar-refractivity contribution in [2.45, 2.75) is 32.4 Å². The first-order chi connectivity index (χ1) is 8.50. The number of rotatable bonds is 2. The van der Waals surface area contributed by atoms with Crippen LogP contribution < -0.4 is 11.1 Å². The monoisotopic (exact) mass is 246 g/mol. The van der Waals surface area contributed by atoms with Crippen LogP contribution in [-0.2, 0) is 7.05 Å². The van der Waals surface area contributed by atoms with Gasteiger partial charge in [0, 0.05) is 24.5 Å². The molecule has 18 heavy (non-hydrogen) atoms. The van der Waals surface area contributed by atoms with Gasteiger partial charge in [-0.1, -0.05) is 13.8 Å². The normalized spacial score (nSPS) is 26.0. The fourth-order valence-electron chi connectivity index (χ4n) is 2.45. The molecule has 6 heteroatoms. The lowest BCUT2D eigenvalue weighted by Crippen LogP contribution is -2.61. The average Bonchev–Trinajstić information content (AvgIpc) is 2.72. The van der Waals surface area contributed by atoms with Gasteiger partial charge in [-0.15, -0.1) is 0 Å². The summed E-state index contributed by atoms with van der Waals surface area (Å²) in [7, 11) is 1.88. The average molecular weight is 246 g/mol. The van der Waals surface area contributed by atoms with Crippen LogP contribution in [0.25, 0.3) is 11.0 Å². The molecule has 1 aliphatic rings. The second kappa shape index (κ2) is 3.65. The molecule has 1 fully saturated rings. The molecule has 2 atom stereocenters. The topological polar surface area (TPSA) is 81.7 Å². The standard InChI is InChI=1S/C12H18N6/c1-12(2)8(13)4-9(12)17-10-7-5-16-18(3)11(7)15-6-14-10/h5-6,8-9H,4,13H2,1-3H3,(H,14,15,17). The molecule has 1 aliphatic carbocycles. The molecule has 6 nitrogen and oxygen atoms in total. The van der Waals surface area contributed by atoms with Crippen LogP contribution in [0, 0.1) is 5.41 Å². The summed E-state index contributed by atoms with van der Waals surface area (Å²) in [6.07, 6.45) is 4.33. The van der Waals surface area contributed by atoms with Crippen molar-refractivity contribution in [3.05, 3.63) is 12.5 Å². The van der Waals surface area contributed by atoms with Crippen LogP contribution in [0.5, 0.6) is 0 Å². The lowest BCUT2D eigenvalue weighted by Gasteiger charge is -2.50. The molecule has 2 aromatic rings. The van der Waals surface area contributed by atoms with E-state index in [4.69, 9.17) is 5.73 Å². The molecule has 0 saturated heterocycles. The Morgan fingerprint density at radius 2 is 2.22 bits per heavy atom. The molecule has 96 valence electrons. The Labute approximate surface area is 106 Å². The van der Waals surface area contributed by atoms with Gasteiger partial charge in [-0.2, -0.15) is 5.10 Å². The van der Waals surface area contributed by atoms with Gasteiger partial charge in [-0.3, -0.25) is 4.68 Å². The van der Waals surface area contributed by atoms with Crippen molar-refractivity contribution in [3.63, 3.8) is 0 Å². The second-order valence-electron chi connectivity index (χ2n) is 5.59.